The fourth-order valence-corrected chi connectivity index (χ4v) is 4.11. The van der Waals surface area contributed by atoms with Crippen molar-refractivity contribution in [1.29, 1.82) is 0 Å². The summed E-state index contributed by atoms with van der Waals surface area (Å²) in [6, 6.07) is 11.2. The number of morpholine rings is 1. The highest BCUT2D eigenvalue weighted by Crippen LogP contribution is 2.22. The molecule has 2 N–H and O–H groups in total. The fraction of sp³-hybridized carbons (Fsp3) is 0.476. The van der Waals surface area contributed by atoms with E-state index in [0.29, 0.717) is 13.1 Å². The van der Waals surface area contributed by atoms with Crippen LogP contribution in [0, 0.1) is 12.7 Å². The number of thiophene rings is 1. The summed E-state index contributed by atoms with van der Waals surface area (Å²) in [7, 11) is 0. The van der Waals surface area contributed by atoms with E-state index in [0.717, 1.165) is 44.4 Å². The molecule has 0 aliphatic carbocycles. The van der Waals surface area contributed by atoms with E-state index in [1.54, 1.807) is 11.3 Å². The largest absolute Gasteiger partial charge is 0.379 e. The van der Waals surface area contributed by atoms with Gasteiger partial charge in [0.1, 0.15) is 5.82 Å². The van der Waals surface area contributed by atoms with Crippen LogP contribution in [0.25, 0.3) is 0 Å². The summed E-state index contributed by atoms with van der Waals surface area (Å²) in [5, 5.41) is 6.79. The van der Waals surface area contributed by atoms with Crippen molar-refractivity contribution in [3.63, 3.8) is 0 Å². The van der Waals surface area contributed by atoms with Gasteiger partial charge in [-0.25, -0.2) is 9.38 Å². The maximum absolute atomic E-state index is 13.4. The third kappa shape index (κ3) is 7.51. The van der Waals surface area contributed by atoms with Crippen LogP contribution in [0.2, 0.25) is 0 Å². The molecule has 8 heteroatoms. The molecule has 1 aliphatic rings. The summed E-state index contributed by atoms with van der Waals surface area (Å²) in [6.45, 7) is 9.51. The van der Waals surface area contributed by atoms with Crippen molar-refractivity contribution >= 4 is 41.3 Å². The molecule has 2 aromatic rings. The van der Waals surface area contributed by atoms with Crippen LogP contribution in [0.4, 0.5) is 4.39 Å². The molecule has 160 valence electrons. The molecule has 2 heterocycles. The van der Waals surface area contributed by atoms with Crippen LogP contribution in [0.1, 0.15) is 28.3 Å². The third-order valence-corrected chi connectivity index (χ3v) is 5.72. The Hall–Kier alpha value is -1.23. The molecule has 0 amide bonds. The van der Waals surface area contributed by atoms with Gasteiger partial charge in [-0.3, -0.25) is 4.90 Å². The zero-order chi connectivity index (χ0) is 19.8. The minimum absolute atomic E-state index is 0. The third-order valence-electron chi connectivity index (χ3n) is 4.74. The van der Waals surface area contributed by atoms with Crippen molar-refractivity contribution < 1.29 is 9.13 Å². The SMILES string of the molecule is CCNC(=NCc1ccc(C)s1)NCC(c1ccc(F)cc1)N1CCOCC1.I. The molecule has 1 unspecified atom stereocenters. The van der Waals surface area contributed by atoms with Crippen LogP contribution in [0.5, 0.6) is 0 Å². The average Bonchev–Trinajstić information content (AvgIpc) is 3.13. The zero-order valence-electron chi connectivity index (χ0n) is 17.0. The molecule has 29 heavy (non-hydrogen) atoms. The van der Waals surface area contributed by atoms with E-state index in [1.807, 2.05) is 12.1 Å². The molecule has 1 aromatic carbocycles. The van der Waals surface area contributed by atoms with E-state index < -0.39 is 0 Å². The zero-order valence-corrected chi connectivity index (χ0v) is 20.1. The first-order chi connectivity index (χ1) is 13.7. The molecule has 0 radical (unpaired) electrons. The molecule has 1 fully saturated rings. The van der Waals surface area contributed by atoms with Gasteiger partial charge in [0.2, 0.25) is 0 Å². The van der Waals surface area contributed by atoms with Gasteiger partial charge in [-0.15, -0.1) is 35.3 Å². The molecule has 0 spiro atoms. The van der Waals surface area contributed by atoms with Gasteiger partial charge in [-0.05, 0) is 43.7 Å². The summed E-state index contributed by atoms with van der Waals surface area (Å²) in [4.78, 5) is 9.65. The van der Waals surface area contributed by atoms with E-state index in [4.69, 9.17) is 9.73 Å². The van der Waals surface area contributed by atoms with E-state index in [-0.39, 0.29) is 35.8 Å². The number of halogens is 2. The summed E-state index contributed by atoms with van der Waals surface area (Å²) in [5.74, 6) is 0.590. The van der Waals surface area contributed by atoms with Crippen molar-refractivity contribution in [2.45, 2.75) is 26.4 Å². The first kappa shape index (κ1) is 24.0. The minimum Gasteiger partial charge on any atom is -0.379 e. The van der Waals surface area contributed by atoms with Crippen molar-refractivity contribution in [3.8, 4) is 0 Å². The lowest BCUT2D eigenvalue weighted by Gasteiger charge is -2.35. The Balaban J connectivity index is 0.00000300. The standard InChI is InChI=1S/C21H29FN4OS.HI/c1-3-23-21(24-14-19-9-4-16(2)28-19)25-15-20(26-10-12-27-13-11-26)17-5-7-18(22)8-6-17;/h4-9,20H,3,10-15H2,1-2H3,(H2,23,24,25);1H. The number of nitrogens with one attached hydrogen (secondary N) is 2. The predicted molar refractivity (Wildman–Crippen MR) is 129 cm³/mol. The Morgan fingerprint density at radius 3 is 2.52 bits per heavy atom. The number of guanidine groups is 1. The van der Waals surface area contributed by atoms with Crippen LogP contribution in [-0.2, 0) is 11.3 Å². The summed E-state index contributed by atoms with van der Waals surface area (Å²) in [6.07, 6.45) is 0. The van der Waals surface area contributed by atoms with Gasteiger partial charge in [0.15, 0.2) is 5.96 Å². The maximum Gasteiger partial charge on any atom is 0.191 e. The first-order valence-electron chi connectivity index (χ1n) is 9.80. The number of hydrogen-bond acceptors (Lipinski definition) is 4. The van der Waals surface area contributed by atoms with Crippen LogP contribution < -0.4 is 10.6 Å². The Morgan fingerprint density at radius 1 is 1.17 bits per heavy atom. The van der Waals surface area contributed by atoms with Crippen LogP contribution in [-0.4, -0.2) is 50.3 Å². The summed E-state index contributed by atoms with van der Waals surface area (Å²) < 4.78 is 18.9. The van der Waals surface area contributed by atoms with Gasteiger partial charge >= 0.3 is 0 Å². The fourth-order valence-electron chi connectivity index (χ4n) is 3.29. The van der Waals surface area contributed by atoms with Crippen LogP contribution in [0.3, 0.4) is 0 Å². The summed E-state index contributed by atoms with van der Waals surface area (Å²) >= 11 is 1.77. The minimum atomic E-state index is -0.210. The van der Waals surface area contributed by atoms with Crippen molar-refractivity contribution in [2.24, 2.45) is 4.99 Å². The molecule has 1 aromatic heterocycles. The van der Waals surface area contributed by atoms with Gasteiger partial charge in [-0.1, -0.05) is 12.1 Å². The molecule has 1 saturated heterocycles. The highest BCUT2D eigenvalue weighted by Gasteiger charge is 2.23. The topological polar surface area (TPSA) is 48.9 Å². The lowest BCUT2D eigenvalue weighted by atomic mass is 10.0. The Labute approximate surface area is 193 Å². The van der Waals surface area contributed by atoms with Gasteiger partial charge in [0.05, 0.1) is 25.8 Å². The lowest BCUT2D eigenvalue weighted by Crippen LogP contribution is -2.46. The number of aliphatic imine (C=N–C) groups is 1. The molecular weight excluding hydrogens is 502 g/mol. The van der Waals surface area contributed by atoms with Crippen molar-refractivity contribution in [3.05, 3.63) is 57.5 Å². The second-order valence-electron chi connectivity index (χ2n) is 6.80. The van der Waals surface area contributed by atoms with Gasteiger partial charge in [0.25, 0.3) is 0 Å². The molecule has 0 saturated carbocycles. The molecule has 3 rings (SSSR count). The van der Waals surface area contributed by atoms with Crippen molar-refractivity contribution in [1.82, 2.24) is 15.5 Å². The van der Waals surface area contributed by atoms with Gasteiger partial charge in [-0.2, -0.15) is 0 Å². The number of aryl methyl sites for hydroxylation is 1. The van der Waals surface area contributed by atoms with Crippen molar-refractivity contribution in [2.75, 3.05) is 39.4 Å². The number of nitrogens with zero attached hydrogens (tertiary/aromatic N) is 2. The number of ether oxygens (including phenoxy) is 1. The number of benzene rings is 1. The smallest absolute Gasteiger partial charge is 0.191 e. The predicted octanol–water partition coefficient (Wildman–Crippen LogP) is 3.94. The van der Waals surface area contributed by atoms with E-state index in [1.165, 1.54) is 21.9 Å². The highest BCUT2D eigenvalue weighted by atomic mass is 127. The lowest BCUT2D eigenvalue weighted by molar-refractivity contribution is 0.0170. The average molecular weight is 532 g/mol. The first-order valence-corrected chi connectivity index (χ1v) is 10.6. The second-order valence-corrected chi connectivity index (χ2v) is 8.18. The molecular formula is C21H30FIN4OS. The van der Waals surface area contributed by atoms with Gasteiger partial charge < -0.3 is 15.4 Å². The highest BCUT2D eigenvalue weighted by molar-refractivity contribution is 14.0. The van der Waals surface area contributed by atoms with Crippen LogP contribution >= 0.6 is 35.3 Å². The Morgan fingerprint density at radius 2 is 1.90 bits per heavy atom. The molecule has 1 atom stereocenters. The molecule has 1 aliphatic heterocycles. The monoisotopic (exact) mass is 532 g/mol. The quantitative estimate of drug-likeness (QED) is 0.322. The maximum atomic E-state index is 13.4. The Kier molecular flexibility index (Phi) is 10.3. The summed E-state index contributed by atoms with van der Waals surface area (Å²) in [5.41, 5.74) is 1.10. The van der Waals surface area contributed by atoms with Gasteiger partial charge in [0, 0.05) is 35.9 Å². The number of hydrogen-bond donors (Lipinski definition) is 2. The van der Waals surface area contributed by atoms with Crippen LogP contribution in [0.15, 0.2) is 41.4 Å². The Bertz CT molecular complexity index is 762. The normalized spacial score (nSPS) is 16.2. The van der Waals surface area contributed by atoms with E-state index >= 15 is 0 Å². The second kappa shape index (κ2) is 12.5. The molecule has 5 nitrogen and oxygen atoms in total. The molecule has 0 bridgehead atoms. The van der Waals surface area contributed by atoms with E-state index in [9.17, 15) is 4.39 Å². The van der Waals surface area contributed by atoms with E-state index in [2.05, 4.69) is 41.5 Å². The number of rotatable bonds is 7.